The number of hydrogen-bond donors (Lipinski definition) is 1. The second kappa shape index (κ2) is 26.5. The van der Waals surface area contributed by atoms with Crippen molar-refractivity contribution in [2.45, 2.75) is 116 Å². The highest BCUT2D eigenvalue weighted by Gasteiger charge is 2.15. The third-order valence-corrected chi connectivity index (χ3v) is 5.39. The van der Waals surface area contributed by atoms with Crippen LogP contribution in [0.5, 0.6) is 0 Å². The summed E-state index contributed by atoms with van der Waals surface area (Å²) in [6.07, 6.45) is 31.1. The van der Waals surface area contributed by atoms with E-state index in [-0.39, 0.29) is 25.2 Å². The lowest BCUT2D eigenvalue weighted by atomic mass is 10.1. The predicted molar refractivity (Wildman–Crippen MR) is 145 cm³/mol. The Balaban J connectivity index is 3.58. The molecule has 0 aliphatic carbocycles. The molecule has 0 amide bonds. The van der Waals surface area contributed by atoms with Crippen LogP contribution in [-0.4, -0.2) is 36.4 Å². The number of ether oxygens (including phenoxy) is 2. The minimum atomic E-state index is -0.772. The smallest absolute Gasteiger partial charge is 0.306 e. The zero-order chi connectivity index (χ0) is 25.8. The molecule has 0 radical (unpaired) electrons. The van der Waals surface area contributed by atoms with Crippen LogP contribution in [0.15, 0.2) is 48.6 Å². The van der Waals surface area contributed by atoms with E-state index >= 15 is 0 Å². The van der Waals surface area contributed by atoms with Gasteiger partial charge in [0.2, 0.25) is 0 Å². The first-order valence-corrected chi connectivity index (χ1v) is 13.7. The van der Waals surface area contributed by atoms with Gasteiger partial charge in [-0.3, -0.25) is 9.59 Å². The predicted octanol–water partition coefficient (Wildman–Crippen LogP) is 7.55. The maximum Gasteiger partial charge on any atom is 0.306 e. The first-order chi connectivity index (χ1) is 17.1. The summed E-state index contributed by atoms with van der Waals surface area (Å²) in [7, 11) is 0. The molecule has 0 aliphatic rings. The summed E-state index contributed by atoms with van der Waals surface area (Å²) in [5, 5.41) is 9.32. The molecule has 0 aromatic rings. The minimum absolute atomic E-state index is 0.0793. The van der Waals surface area contributed by atoms with Crippen LogP contribution in [0.2, 0.25) is 0 Å². The van der Waals surface area contributed by atoms with Crippen molar-refractivity contribution in [2.75, 3.05) is 13.2 Å². The lowest BCUT2D eigenvalue weighted by Crippen LogP contribution is -2.28. The quantitative estimate of drug-likeness (QED) is 0.0909. The molecular weight excluding hydrogens is 440 g/mol. The molecule has 0 spiro atoms. The third-order valence-electron chi connectivity index (χ3n) is 5.39. The summed E-state index contributed by atoms with van der Waals surface area (Å²) in [6.45, 7) is 3.73. The van der Waals surface area contributed by atoms with Gasteiger partial charge in [-0.1, -0.05) is 94.6 Å². The van der Waals surface area contributed by atoms with Crippen LogP contribution in [-0.2, 0) is 19.1 Å². The zero-order valence-corrected chi connectivity index (χ0v) is 22.3. The molecule has 35 heavy (non-hydrogen) atoms. The molecule has 5 nitrogen and oxygen atoms in total. The maximum atomic E-state index is 11.9. The summed E-state index contributed by atoms with van der Waals surface area (Å²) in [6, 6.07) is 0. The average Bonchev–Trinajstić information content (AvgIpc) is 2.86. The number of carbonyl (C=O) groups excluding carboxylic acids is 2. The number of hydrogen-bond acceptors (Lipinski definition) is 5. The van der Waals surface area contributed by atoms with Crippen LogP contribution in [0.25, 0.3) is 0 Å². The first kappa shape index (κ1) is 32.9. The molecule has 200 valence electrons. The molecule has 0 heterocycles. The summed E-state index contributed by atoms with van der Waals surface area (Å²) in [5.41, 5.74) is 0. The minimum Gasteiger partial charge on any atom is -0.462 e. The number of rotatable bonds is 23. The van der Waals surface area contributed by atoms with E-state index in [4.69, 9.17) is 9.47 Å². The Hall–Kier alpha value is -2.14. The van der Waals surface area contributed by atoms with E-state index in [1.807, 2.05) is 6.92 Å². The second-order valence-corrected chi connectivity index (χ2v) is 8.74. The van der Waals surface area contributed by atoms with Crippen LogP contribution in [0, 0.1) is 0 Å². The van der Waals surface area contributed by atoms with Gasteiger partial charge >= 0.3 is 11.9 Å². The van der Waals surface area contributed by atoms with Gasteiger partial charge in [-0.05, 0) is 51.4 Å². The van der Waals surface area contributed by atoms with Gasteiger partial charge in [0.1, 0.15) is 6.61 Å². The number of aliphatic hydroxyl groups excluding tert-OH is 1. The topological polar surface area (TPSA) is 72.8 Å². The van der Waals surface area contributed by atoms with Crippen molar-refractivity contribution in [1.29, 1.82) is 0 Å². The van der Waals surface area contributed by atoms with Crippen molar-refractivity contribution in [3.05, 3.63) is 48.6 Å². The van der Waals surface area contributed by atoms with Crippen LogP contribution in [0.1, 0.15) is 110 Å². The van der Waals surface area contributed by atoms with E-state index in [2.05, 4.69) is 55.5 Å². The van der Waals surface area contributed by atoms with Crippen molar-refractivity contribution in [2.24, 2.45) is 0 Å². The van der Waals surface area contributed by atoms with Gasteiger partial charge in [-0.15, -0.1) is 0 Å². The SMILES string of the molecule is CC/C=C\C/C=C\C/C=C\C/C=C\CCCCCCCCC(=O)OC(CO)COC(=O)CCCC. The van der Waals surface area contributed by atoms with Crippen LogP contribution < -0.4 is 0 Å². The number of esters is 2. The van der Waals surface area contributed by atoms with E-state index in [0.717, 1.165) is 64.2 Å². The van der Waals surface area contributed by atoms with Gasteiger partial charge in [0, 0.05) is 12.8 Å². The van der Waals surface area contributed by atoms with Crippen molar-refractivity contribution in [3.8, 4) is 0 Å². The molecule has 1 unspecified atom stereocenters. The van der Waals surface area contributed by atoms with E-state index < -0.39 is 6.10 Å². The maximum absolute atomic E-state index is 11.9. The summed E-state index contributed by atoms with van der Waals surface area (Å²) in [5.74, 6) is -0.656. The highest BCUT2D eigenvalue weighted by Crippen LogP contribution is 2.10. The van der Waals surface area contributed by atoms with Gasteiger partial charge in [0.05, 0.1) is 6.61 Å². The standard InChI is InChI=1S/C30H50O5/c1-3-5-7-8-9-10-11-12-13-14-15-16-17-18-19-20-21-22-23-25-30(33)35-28(26-31)27-34-29(32)24-6-4-2/h5,7,9-10,12-13,15-16,28,31H,3-4,6,8,11,14,17-27H2,1-2H3/b7-5-,10-9-,13-12-,16-15-. The largest absolute Gasteiger partial charge is 0.462 e. The number of carbonyl (C=O) groups is 2. The van der Waals surface area contributed by atoms with Crippen LogP contribution in [0.4, 0.5) is 0 Å². The van der Waals surface area contributed by atoms with Gasteiger partial charge in [-0.25, -0.2) is 0 Å². The van der Waals surface area contributed by atoms with Crippen molar-refractivity contribution >= 4 is 11.9 Å². The molecule has 0 aliphatic heterocycles. The Morgan fingerprint density at radius 2 is 1.23 bits per heavy atom. The van der Waals surface area contributed by atoms with Crippen molar-refractivity contribution in [1.82, 2.24) is 0 Å². The fourth-order valence-corrected chi connectivity index (χ4v) is 3.28. The Labute approximate surface area is 214 Å². The van der Waals surface area contributed by atoms with E-state index in [0.29, 0.717) is 12.8 Å². The molecule has 0 aromatic heterocycles. The first-order valence-electron chi connectivity index (χ1n) is 13.7. The van der Waals surface area contributed by atoms with Gasteiger partial charge in [0.15, 0.2) is 6.10 Å². The molecule has 1 atom stereocenters. The Morgan fingerprint density at radius 3 is 1.83 bits per heavy atom. The molecule has 0 saturated heterocycles. The van der Waals surface area contributed by atoms with Gasteiger partial charge in [-0.2, -0.15) is 0 Å². The van der Waals surface area contributed by atoms with Crippen molar-refractivity contribution < 1.29 is 24.2 Å². The molecule has 0 aromatic carbocycles. The van der Waals surface area contributed by atoms with E-state index in [1.165, 1.54) is 19.3 Å². The number of aliphatic hydroxyl groups is 1. The fraction of sp³-hybridized carbons (Fsp3) is 0.667. The molecule has 0 rings (SSSR count). The second-order valence-electron chi connectivity index (χ2n) is 8.74. The fourth-order valence-electron chi connectivity index (χ4n) is 3.28. The molecular formula is C30H50O5. The number of unbranched alkanes of at least 4 members (excludes halogenated alkanes) is 7. The van der Waals surface area contributed by atoms with Gasteiger partial charge in [0.25, 0.3) is 0 Å². The van der Waals surface area contributed by atoms with Crippen LogP contribution >= 0.6 is 0 Å². The van der Waals surface area contributed by atoms with E-state index in [9.17, 15) is 14.7 Å². The van der Waals surface area contributed by atoms with E-state index in [1.54, 1.807) is 0 Å². The molecule has 0 bridgehead atoms. The molecule has 5 heteroatoms. The summed E-state index contributed by atoms with van der Waals surface area (Å²) >= 11 is 0. The zero-order valence-electron chi connectivity index (χ0n) is 22.3. The molecule has 0 saturated carbocycles. The monoisotopic (exact) mass is 490 g/mol. The summed E-state index contributed by atoms with van der Waals surface area (Å²) in [4.78, 5) is 23.4. The van der Waals surface area contributed by atoms with Crippen molar-refractivity contribution in [3.63, 3.8) is 0 Å². The van der Waals surface area contributed by atoms with Crippen LogP contribution in [0.3, 0.4) is 0 Å². The Morgan fingerprint density at radius 1 is 0.686 bits per heavy atom. The average molecular weight is 491 g/mol. The number of allylic oxidation sites excluding steroid dienone is 8. The lowest BCUT2D eigenvalue weighted by Gasteiger charge is -2.15. The molecule has 0 fully saturated rings. The summed E-state index contributed by atoms with van der Waals surface area (Å²) < 4.78 is 10.3. The molecule has 1 N–H and O–H groups in total. The highest BCUT2D eigenvalue weighted by atomic mass is 16.6. The highest BCUT2D eigenvalue weighted by molar-refractivity contribution is 5.70. The normalized spacial score (nSPS) is 12.9. The Kier molecular flexibility index (Phi) is 24.8. The lowest BCUT2D eigenvalue weighted by molar-refractivity contribution is -0.161. The Bertz CT molecular complexity index is 618. The van der Waals surface area contributed by atoms with Gasteiger partial charge < -0.3 is 14.6 Å². The third kappa shape index (κ3) is 24.8.